The maximum atomic E-state index is 11.9. The molecule has 0 fully saturated rings. The van der Waals surface area contributed by atoms with Crippen LogP contribution in [-0.4, -0.2) is 29.3 Å². The van der Waals surface area contributed by atoms with E-state index in [2.05, 4.69) is 10.9 Å². The summed E-state index contributed by atoms with van der Waals surface area (Å²) in [5.41, 5.74) is 5.11. The summed E-state index contributed by atoms with van der Waals surface area (Å²) in [6.07, 6.45) is 0.282. The third kappa shape index (κ3) is 6.87. The number of benzene rings is 2. The van der Waals surface area contributed by atoms with Crippen LogP contribution in [0.15, 0.2) is 54.6 Å². The van der Waals surface area contributed by atoms with Crippen LogP contribution in [0.2, 0.25) is 0 Å². The third-order valence-electron chi connectivity index (χ3n) is 3.69. The summed E-state index contributed by atoms with van der Waals surface area (Å²) < 4.78 is 5.06. The molecule has 0 saturated carbocycles. The monoisotopic (exact) mass is 385 g/mol. The van der Waals surface area contributed by atoms with Crippen molar-refractivity contribution < 1.29 is 24.0 Å². The molecule has 2 amide bonds. The Labute approximate surface area is 160 Å². The molecule has 9 heteroatoms. The van der Waals surface area contributed by atoms with Crippen LogP contribution in [0.1, 0.15) is 28.8 Å². The van der Waals surface area contributed by atoms with Crippen molar-refractivity contribution in [3.05, 3.63) is 75.8 Å². The van der Waals surface area contributed by atoms with Crippen LogP contribution in [0.5, 0.6) is 0 Å². The first-order valence-corrected chi connectivity index (χ1v) is 8.49. The Morgan fingerprint density at radius 3 is 2.43 bits per heavy atom. The Kier molecular flexibility index (Phi) is 7.64. The average molecular weight is 385 g/mol. The predicted octanol–water partition coefficient (Wildman–Crippen LogP) is 1.92. The van der Waals surface area contributed by atoms with Crippen molar-refractivity contribution >= 4 is 23.5 Å². The number of nitrogens with one attached hydrogen (secondary N) is 2. The van der Waals surface area contributed by atoms with Crippen molar-refractivity contribution in [1.82, 2.24) is 10.9 Å². The van der Waals surface area contributed by atoms with Gasteiger partial charge < -0.3 is 4.74 Å². The lowest BCUT2D eigenvalue weighted by atomic mass is 10.2. The molecule has 0 unspecified atom stereocenters. The summed E-state index contributed by atoms with van der Waals surface area (Å²) in [6.45, 7) is 0.216. The number of amides is 2. The smallest absolute Gasteiger partial charge is 0.306 e. The number of nitro benzene ring substituents is 1. The first kappa shape index (κ1) is 20.6. The molecule has 146 valence electrons. The number of carbonyl (C=O) groups is 3. The summed E-state index contributed by atoms with van der Waals surface area (Å²) in [7, 11) is 0. The maximum Gasteiger partial charge on any atom is 0.306 e. The van der Waals surface area contributed by atoms with Gasteiger partial charge in [-0.3, -0.25) is 35.3 Å². The van der Waals surface area contributed by atoms with E-state index in [4.69, 9.17) is 4.74 Å². The topological polar surface area (TPSA) is 128 Å². The Morgan fingerprint density at radius 1 is 0.964 bits per heavy atom. The third-order valence-corrected chi connectivity index (χ3v) is 3.69. The molecule has 28 heavy (non-hydrogen) atoms. The molecular weight excluding hydrogens is 366 g/mol. The second-order valence-electron chi connectivity index (χ2n) is 5.77. The van der Waals surface area contributed by atoms with Crippen LogP contribution in [-0.2, 0) is 20.7 Å². The number of ether oxygens (including phenoxy) is 1. The summed E-state index contributed by atoms with van der Waals surface area (Å²) in [5, 5.41) is 10.7. The molecule has 0 aromatic heterocycles. The summed E-state index contributed by atoms with van der Waals surface area (Å²) >= 11 is 0. The van der Waals surface area contributed by atoms with E-state index in [1.165, 1.54) is 18.2 Å². The molecule has 2 aromatic rings. The van der Waals surface area contributed by atoms with Crippen molar-refractivity contribution in [2.75, 3.05) is 6.61 Å². The highest BCUT2D eigenvalue weighted by Crippen LogP contribution is 2.12. The van der Waals surface area contributed by atoms with Gasteiger partial charge in [-0.1, -0.05) is 36.4 Å². The molecule has 0 bridgehead atoms. The molecule has 0 aliphatic carbocycles. The first-order chi connectivity index (χ1) is 13.5. The number of carbonyl (C=O) groups excluding carboxylic acids is 3. The zero-order valence-electron chi connectivity index (χ0n) is 14.9. The highest BCUT2D eigenvalue weighted by atomic mass is 16.6. The zero-order chi connectivity index (χ0) is 20.4. The van der Waals surface area contributed by atoms with Gasteiger partial charge in [0.1, 0.15) is 0 Å². The second kappa shape index (κ2) is 10.4. The summed E-state index contributed by atoms with van der Waals surface area (Å²) in [5.74, 6) is -1.81. The number of esters is 1. The van der Waals surface area contributed by atoms with Crippen molar-refractivity contribution in [3.63, 3.8) is 0 Å². The normalized spacial score (nSPS) is 10.0. The van der Waals surface area contributed by atoms with Crippen molar-refractivity contribution in [1.29, 1.82) is 0 Å². The Bertz CT molecular complexity index is 854. The van der Waals surface area contributed by atoms with Gasteiger partial charge >= 0.3 is 5.97 Å². The SMILES string of the molecule is O=C(CCC(=O)OCCc1ccccc1)NNC(=O)c1cccc([N+](=O)[O-])c1. The van der Waals surface area contributed by atoms with Crippen molar-refractivity contribution in [3.8, 4) is 0 Å². The van der Waals surface area contributed by atoms with Crippen LogP contribution in [0, 0.1) is 10.1 Å². The number of non-ortho nitro benzene ring substituents is 1. The highest BCUT2D eigenvalue weighted by molar-refractivity contribution is 5.96. The lowest BCUT2D eigenvalue weighted by Gasteiger charge is -2.08. The number of nitro groups is 1. The molecule has 0 aliphatic heterocycles. The van der Waals surface area contributed by atoms with E-state index in [0.29, 0.717) is 6.42 Å². The maximum absolute atomic E-state index is 11.9. The van der Waals surface area contributed by atoms with Gasteiger partial charge in [-0.25, -0.2) is 0 Å². The van der Waals surface area contributed by atoms with Gasteiger partial charge in [0, 0.05) is 30.5 Å². The van der Waals surface area contributed by atoms with Gasteiger partial charge in [-0.2, -0.15) is 0 Å². The average Bonchev–Trinajstić information content (AvgIpc) is 2.71. The summed E-state index contributed by atoms with van der Waals surface area (Å²) in [6, 6.07) is 14.6. The largest absolute Gasteiger partial charge is 0.465 e. The summed E-state index contributed by atoms with van der Waals surface area (Å²) in [4.78, 5) is 45.3. The molecule has 0 heterocycles. The highest BCUT2D eigenvalue weighted by Gasteiger charge is 2.13. The van der Waals surface area contributed by atoms with E-state index in [1.54, 1.807) is 0 Å². The molecule has 9 nitrogen and oxygen atoms in total. The second-order valence-corrected chi connectivity index (χ2v) is 5.77. The van der Waals surface area contributed by atoms with E-state index < -0.39 is 22.7 Å². The molecule has 0 atom stereocenters. The van der Waals surface area contributed by atoms with E-state index in [9.17, 15) is 24.5 Å². The minimum absolute atomic E-state index is 0.0230. The fraction of sp³-hybridized carbons (Fsp3) is 0.211. The van der Waals surface area contributed by atoms with E-state index in [1.807, 2.05) is 30.3 Å². The molecule has 0 radical (unpaired) electrons. The van der Waals surface area contributed by atoms with Crippen molar-refractivity contribution in [2.45, 2.75) is 19.3 Å². The quantitative estimate of drug-likeness (QED) is 0.406. The molecule has 0 aliphatic rings. The number of rotatable bonds is 8. The molecule has 2 N–H and O–H groups in total. The van der Waals surface area contributed by atoms with Crippen LogP contribution < -0.4 is 10.9 Å². The fourth-order valence-electron chi connectivity index (χ4n) is 2.24. The number of hydrogen-bond donors (Lipinski definition) is 2. The van der Waals surface area contributed by atoms with Crippen LogP contribution in [0.3, 0.4) is 0 Å². The van der Waals surface area contributed by atoms with E-state index in [-0.39, 0.29) is 30.7 Å². The van der Waals surface area contributed by atoms with Crippen molar-refractivity contribution in [2.24, 2.45) is 0 Å². The predicted molar refractivity (Wildman–Crippen MR) is 99.0 cm³/mol. The Morgan fingerprint density at radius 2 is 1.71 bits per heavy atom. The minimum Gasteiger partial charge on any atom is -0.465 e. The van der Waals surface area contributed by atoms with Crippen LogP contribution in [0.25, 0.3) is 0 Å². The molecule has 0 saturated heterocycles. The molecule has 0 spiro atoms. The van der Waals surface area contributed by atoms with Crippen LogP contribution >= 0.6 is 0 Å². The molecular formula is C19H19N3O6. The first-order valence-electron chi connectivity index (χ1n) is 8.49. The molecule has 2 aromatic carbocycles. The van der Waals surface area contributed by atoms with Gasteiger partial charge in [0.25, 0.3) is 11.6 Å². The van der Waals surface area contributed by atoms with Crippen LogP contribution in [0.4, 0.5) is 5.69 Å². The lowest BCUT2D eigenvalue weighted by Crippen LogP contribution is -2.41. The zero-order valence-corrected chi connectivity index (χ0v) is 14.9. The minimum atomic E-state index is -0.706. The van der Waals surface area contributed by atoms with Gasteiger partial charge in [0.15, 0.2) is 0 Å². The van der Waals surface area contributed by atoms with Gasteiger partial charge in [0.2, 0.25) is 5.91 Å². The number of hydrogen-bond acceptors (Lipinski definition) is 6. The van der Waals surface area contributed by atoms with Gasteiger partial charge in [0.05, 0.1) is 18.0 Å². The Hall–Kier alpha value is -3.75. The Balaban J connectivity index is 1.66. The number of nitrogens with zero attached hydrogens (tertiary/aromatic N) is 1. The molecule has 2 rings (SSSR count). The van der Waals surface area contributed by atoms with Gasteiger partial charge in [-0.05, 0) is 11.6 Å². The fourth-order valence-corrected chi connectivity index (χ4v) is 2.24. The lowest BCUT2D eigenvalue weighted by molar-refractivity contribution is -0.384. The number of hydrazine groups is 1. The standard InChI is InChI=1S/C19H19N3O6/c23-17(9-10-18(24)28-12-11-14-5-2-1-3-6-14)20-21-19(25)15-7-4-8-16(13-15)22(26)27/h1-8,13H,9-12H2,(H,20,23)(H,21,25). The van der Waals surface area contributed by atoms with E-state index >= 15 is 0 Å². The van der Waals surface area contributed by atoms with E-state index in [0.717, 1.165) is 11.6 Å². The van der Waals surface area contributed by atoms with Gasteiger partial charge in [-0.15, -0.1) is 0 Å².